The van der Waals surface area contributed by atoms with Crippen LogP contribution in [-0.2, 0) is 0 Å². The number of nitrogens with zero attached hydrogens (tertiary/aromatic N) is 2. The molecule has 0 amide bonds. The van der Waals surface area contributed by atoms with Crippen molar-refractivity contribution in [3.8, 4) is 11.5 Å². The van der Waals surface area contributed by atoms with Crippen LogP contribution < -0.4 is 19.3 Å². The molecule has 334 valence electrons. The van der Waals surface area contributed by atoms with E-state index in [2.05, 4.69) is 221 Å². The fourth-order valence-corrected chi connectivity index (χ4v) is 11.1. The molecule has 12 rings (SSSR count). The number of benzene rings is 8. The second-order valence-corrected chi connectivity index (χ2v) is 19.2. The Hall–Kier alpha value is -7.04. The summed E-state index contributed by atoms with van der Waals surface area (Å²) in [5.41, 5.74) is 14.3. The molecule has 8 aromatic rings. The molecule has 4 nitrogen and oxygen atoms in total. The standard InChI is InChI=1S/C61H54N2O2.C2H6/c1-36(2)40-19-27-45(28-20-40)62(54-17-9-13-44-35-56(54)64-59-38(5)11-7-14-47(44)59)52-33-25-42-24-32-51-53(34-26-43-23-31-50(52)57(42)58(43)51)63(46-29-21-41(22-30-46)37(3)4)55-18-10-16-49-48-15-8-12-39(6)60(48)65-61(49)55;1-2/h7-34,36-37,44,48,56,60H,35H2,1-6H3;1-2H3. The molecule has 4 unspecified atom stereocenters. The average Bonchev–Trinajstić information content (AvgIpc) is 3.67. The minimum Gasteiger partial charge on any atom is -0.484 e. The van der Waals surface area contributed by atoms with Gasteiger partial charge in [0.2, 0.25) is 0 Å². The quantitative estimate of drug-likeness (QED) is 0.142. The van der Waals surface area contributed by atoms with Gasteiger partial charge in [-0.25, -0.2) is 0 Å². The zero-order valence-electron chi connectivity index (χ0n) is 40.0. The van der Waals surface area contributed by atoms with Crippen molar-refractivity contribution >= 4 is 60.8 Å². The molecule has 0 spiro atoms. The summed E-state index contributed by atoms with van der Waals surface area (Å²) >= 11 is 0. The first kappa shape index (κ1) is 42.6. The number of allylic oxidation sites excluding steroid dienone is 5. The summed E-state index contributed by atoms with van der Waals surface area (Å²) in [6, 6.07) is 50.2. The Morgan fingerprint density at radius 1 is 0.522 bits per heavy atom. The van der Waals surface area contributed by atoms with Crippen LogP contribution in [0.25, 0.3) is 32.3 Å². The summed E-state index contributed by atoms with van der Waals surface area (Å²) in [4.78, 5) is 4.92. The predicted molar refractivity (Wildman–Crippen MR) is 283 cm³/mol. The highest BCUT2D eigenvalue weighted by molar-refractivity contribution is 6.28. The molecule has 2 aliphatic heterocycles. The van der Waals surface area contributed by atoms with Gasteiger partial charge in [0.25, 0.3) is 0 Å². The van der Waals surface area contributed by atoms with Gasteiger partial charge in [-0.2, -0.15) is 0 Å². The van der Waals surface area contributed by atoms with Gasteiger partial charge in [0.05, 0.1) is 22.8 Å². The Morgan fingerprint density at radius 2 is 1.09 bits per heavy atom. The number of para-hydroxylation sites is 2. The van der Waals surface area contributed by atoms with Gasteiger partial charge in [0.1, 0.15) is 23.7 Å². The van der Waals surface area contributed by atoms with Crippen molar-refractivity contribution in [1.29, 1.82) is 0 Å². The summed E-state index contributed by atoms with van der Waals surface area (Å²) in [5.74, 6) is 3.30. The lowest BCUT2D eigenvalue weighted by Gasteiger charge is -2.37. The molecule has 4 heteroatoms. The van der Waals surface area contributed by atoms with E-state index in [1.165, 1.54) is 65.7 Å². The predicted octanol–water partition coefficient (Wildman–Crippen LogP) is 17.5. The van der Waals surface area contributed by atoms with Crippen LogP contribution in [0.4, 0.5) is 28.4 Å². The van der Waals surface area contributed by atoms with Gasteiger partial charge in [-0.15, -0.1) is 0 Å². The maximum absolute atomic E-state index is 7.08. The molecule has 4 aliphatic rings. The summed E-state index contributed by atoms with van der Waals surface area (Å²) in [6.45, 7) is 17.4. The van der Waals surface area contributed by atoms with E-state index in [0.717, 1.165) is 52.1 Å². The van der Waals surface area contributed by atoms with Gasteiger partial charge in [0.15, 0.2) is 0 Å². The minimum atomic E-state index is -0.136. The molecule has 0 saturated heterocycles. The van der Waals surface area contributed by atoms with Gasteiger partial charge < -0.3 is 19.3 Å². The van der Waals surface area contributed by atoms with Crippen LogP contribution in [0.3, 0.4) is 0 Å². The first-order valence-electron chi connectivity index (χ1n) is 24.5. The highest BCUT2D eigenvalue weighted by atomic mass is 16.5. The van der Waals surface area contributed by atoms with Crippen LogP contribution in [-0.4, -0.2) is 12.2 Å². The van der Waals surface area contributed by atoms with E-state index >= 15 is 0 Å². The van der Waals surface area contributed by atoms with E-state index in [0.29, 0.717) is 11.8 Å². The molecule has 8 aromatic carbocycles. The number of fused-ring (bicyclic) bond motifs is 7. The van der Waals surface area contributed by atoms with Crippen molar-refractivity contribution in [2.45, 2.75) is 97.7 Å². The topological polar surface area (TPSA) is 24.9 Å². The lowest BCUT2D eigenvalue weighted by molar-refractivity contribution is 0.197. The summed E-state index contributed by atoms with van der Waals surface area (Å²) in [7, 11) is 0. The van der Waals surface area contributed by atoms with Crippen molar-refractivity contribution in [1.82, 2.24) is 0 Å². The molecule has 2 heterocycles. The second kappa shape index (κ2) is 17.0. The highest BCUT2D eigenvalue weighted by Gasteiger charge is 2.39. The zero-order chi connectivity index (χ0) is 46.1. The largest absolute Gasteiger partial charge is 0.484 e. The van der Waals surface area contributed by atoms with Crippen LogP contribution in [0.1, 0.15) is 106 Å². The molecule has 0 aromatic heterocycles. The molecule has 4 atom stereocenters. The van der Waals surface area contributed by atoms with Gasteiger partial charge in [0, 0.05) is 51.5 Å². The van der Waals surface area contributed by atoms with E-state index in [1.807, 2.05) is 13.8 Å². The van der Waals surface area contributed by atoms with Crippen LogP contribution in [0.15, 0.2) is 181 Å². The first-order valence-corrected chi connectivity index (χ1v) is 24.5. The van der Waals surface area contributed by atoms with Crippen molar-refractivity contribution in [2.75, 3.05) is 9.80 Å². The van der Waals surface area contributed by atoms with Gasteiger partial charge in [-0.1, -0.05) is 163 Å². The third-order valence-electron chi connectivity index (χ3n) is 14.6. The molecular formula is C63H60N2O2. The minimum absolute atomic E-state index is 0.00616. The maximum atomic E-state index is 7.08. The number of aryl methyl sites for hydroxylation is 1. The van der Waals surface area contributed by atoms with Crippen molar-refractivity contribution in [3.05, 3.63) is 209 Å². The van der Waals surface area contributed by atoms with Crippen LogP contribution in [0.2, 0.25) is 0 Å². The maximum Gasteiger partial charge on any atom is 0.148 e. The summed E-state index contributed by atoms with van der Waals surface area (Å²) in [6.07, 6.45) is 14.3. The Bertz CT molecular complexity index is 3300. The third-order valence-corrected chi connectivity index (χ3v) is 14.6. The number of anilines is 5. The smallest absolute Gasteiger partial charge is 0.148 e. The Labute approximate surface area is 396 Å². The van der Waals surface area contributed by atoms with E-state index < -0.39 is 0 Å². The molecule has 0 fully saturated rings. The van der Waals surface area contributed by atoms with Crippen LogP contribution in [0.5, 0.6) is 11.5 Å². The lowest BCUT2D eigenvalue weighted by atomic mass is 9.87. The van der Waals surface area contributed by atoms with E-state index in [1.54, 1.807) is 0 Å². The fraction of sp³-hybridized carbons (Fsp3) is 0.238. The van der Waals surface area contributed by atoms with Gasteiger partial charge in [-0.05, 0) is 118 Å². The van der Waals surface area contributed by atoms with E-state index in [4.69, 9.17) is 9.47 Å². The second-order valence-electron chi connectivity index (χ2n) is 19.2. The lowest BCUT2D eigenvalue weighted by Crippen LogP contribution is -2.34. The molecule has 0 saturated carbocycles. The Kier molecular flexibility index (Phi) is 10.8. The first-order chi connectivity index (χ1) is 32.7. The molecule has 2 bridgehead atoms. The SMILES string of the molecule is CC.CC1=CC=CC2c3cccc(N(c4ccc(C(C)C)cc4)c4ccc5ccc6c(N(C7=CC=CC8CC7Oc7c(C)cccc78)c7ccc(C(C)C)cc7)ccc7ccc4c5c76)c3OC12. The molecular weight excluding hydrogens is 817 g/mol. The molecule has 67 heavy (non-hydrogen) atoms. The molecule has 0 N–H and O–H groups in total. The number of hydrogen-bond acceptors (Lipinski definition) is 4. The number of ether oxygens (including phenoxy) is 2. The van der Waals surface area contributed by atoms with E-state index in [-0.39, 0.29) is 24.0 Å². The van der Waals surface area contributed by atoms with Crippen molar-refractivity contribution in [3.63, 3.8) is 0 Å². The van der Waals surface area contributed by atoms with Crippen LogP contribution >= 0.6 is 0 Å². The normalized spacial score (nSPS) is 19.0. The average molecular weight is 877 g/mol. The van der Waals surface area contributed by atoms with Crippen LogP contribution in [0, 0.1) is 6.92 Å². The molecule has 2 aliphatic carbocycles. The Morgan fingerprint density at radius 3 is 1.73 bits per heavy atom. The van der Waals surface area contributed by atoms with Crippen molar-refractivity contribution in [2.24, 2.45) is 0 Å². The third kappa shape index (κ3) is 7.03. The number of hydrogen-bond donors (Lipinski definition) is 0. The fourth-order valence-electron chi connectivity index (χ4n) is 11.1. The highest BCUT2D eigenvalue weighted by Crippen LogP contribution is 2.54. The van der Waals surface area contributed by atoms with Crippen molar-refractivity contribution < 1.29 is 9.47 Å². The van der Waals surface area contributed by atoms with Gasteiger partial charge >= 0.3 is 0 Å². The summed E-state index contributed by atoms with van der Waals surface area (Å²) < 4.78 is 14.1. The Balaban J connectivity index is 0.00000244. The summed E-state index contributed by atoms with van der Waals surface area (Å²) in [5, 5.41) is 7.37. The number of rotatable bonds is 8. The monoisotopic (exact) mass is 876 g/mol. The van der Waals surface area contributed by atoms with Gasteiger partial charge in [-0.3, -0.25) is 0 Å². The molecule has 0 radical (unpaired) electrons. The zero-order valence-corrected chi connectivity index (χ0v) is 40.0. The van der Waals surface area contributed by atoms with E-state index in [9.17, 15) is 0 Å².